The summed E-state index contributed by atoms with van der Waals surface area (Å²) >= 11 is 0. The van der Waals surface area contributed by atoms with Crippen LogP contribution in [0, 0.1) is 0 Å². The fraction of sp³-hybridized carbons (Fsp3) is 0.625. The molecule has 0 aliphatic rings. The van der Waals surface area contributed by atoms with Gasteiger partial charge < -0.3 is 9.64 Å². The molecule has 1 aromatic rings. The van der Waals surface area contributed by atoms with Gasteiger partial charge >= 0.3 is 0 Å². The van der Waals surface area contributed by atoms with Crippen molar-refractivity contribution in [3.8, 4) is 5.75 Å². The number of rotatable bonds is 6. The Bertz CT molecular complexity index is 373. The summed E-state index contributed by atoms with van der Waals surface area (Å²) < 4.78 is 5.57. The van der Waals surface area contributed by atoms with Gasteiger partial charge in [0, 0.05) is 12.6 Å². The van der Waals surface area contributed by atoms with Crippen molar-refractivity contribution in [2.24, 2.45) is 0 Å². The van der Waals surface area contributed by atoms with Gasteiger partial charge in [-0.05, 0) is 37.8 Å². The third kappa shape index (κ3) is 2.98. The molecule has 0 aromatic heterocycles. The van der Waals surface area contributed by atoms with Crippen LogP contribution in [0.25, 0.3) is 0 Å². The summed E-state index contributed by atoms with van der Waals surface area (Å²) in [7, 11) is 1.76. The number of ether oxygens (including phenoxy) is 1. The van der Waals surface area contributed by atoms with E-state index < -0.39 is 0 Å². The Kier molecular flexibility index (Phi) is 5.52. The first-order valence-electron chi connectivity index (χ1n) is 7.00. The topological polar surface area (TPSA) is 12.5 Å². The zero-order valence-corrected chi connectivity index (χ0v) is 12.7. The van der Waals surface area contributed by atoms with E-state index in [4.69, 9.17) is 4.74 Å². The first-order valence-corrected chi connectivity index (χ1v) is 7.00. The van der Waals surface area contributed by atoms with Gasteiger partial charge in [0.15, 0.2) is 0 Å². The van der Waals surface area contributed by atoms with E-state index in [1.54, 1.807) is 7.11 Å². The van der Waals surface area contributed by atoms with E-state index in [2.05, 4.69) is 57.7 Å². The van der Waals surface area contributed by atoms with Crippen LogP contribution in [0.1, 0.15) is 52.5 Å². The minimum atomic E-state index is 0.508. The number of hydrogen-bond donors (Lipinski definition) is 0. The molecule has 0 saturated heterocycles. The second kappa shape index (κ2) is 6.67. The summed E-state index contributed by atoms with van der Waals surface area (Å²) in [6.45, 7) is 12.2. The second-order valence-electron chi connectivity index (χ2n) is 5.10. The first-order chi connectivity index (χ1) is 8.56. The van der Waals surface area contributed by atoms with E-state index in [0.717, 1.165) is 18.7 Å². The minimum Gasteiger partial charge on any atom is -0.495 e. The third-order valence-electron chi connectivity index (χ3n) is 3.62. The lowest BCUT2D eigenvalue weighted by atomic mass is 9.98. The highest BCUT2D eigenvalue weighted by atomic mass is 16.5. The molecular weight excluding hydrogens is 222 g/mol. The summed E-state index contributed by atoms with van der Waals surface area (Å²) in [5, 5.41) is 0. The fourth-order valence-electron chi connectivity index (χ4n) is 2.39. The number of methoxy groups -OCH3 is 1. The SMILES string of the molecule is CCC(C)N(CC)c1c(OC)cccc1C(C)C. The van der Waals surface area contributed by atoms with Crippen molar-refractivity contribution in [1.29, 1.82) is 0 Å². The van der Waals surface area contributed by atoms with Crippen LogP contribution >= 0.6 is 0 Å². The Balaban J connectivity index is 3.33. The van der Waals surface area contributed by atoms with Crippen molar-refractivity contribution in [2.45, 2.75) is 53.0 Å². The number of para-hydroxylation sites is 1. The molecule has 0 amide bonds. The summed E-state index contributed by atoms with van der Waals surface area (Å²) in [6, 6.07) is 6.89. The van der Waals surface area contributed by atoms with Crippen molar-refractivity contribution in [3.05, 3.63) is 23.8 Å². The lowest BCUT2D eigenvalue weighted by molar-refractivity contribution is 0.412. The smallest absolute Gasteiger partial charge is 0.142 e. The maximum absolute atomic E-state index is 5.57. The molecule has 2 heteroatoms. The molecule has 102 valence electrons. The standard InChI is InChI=1S/C16H27NO/c1-7-13(5)17(8-2)16-14(12(3)4)10-9-11-15(16)18-6/h9-13H,7-8H2,1-6H3. The van der Waals surface area contributed by atoms with Crippen LogP contribution in [0.4, 0.5) is 5.69 Å². The average molecular weight is 249 g/mol. The predicted octanol–water partition coefficient (Wildman–Crippen LogP) is 4.44. The summed E-state index contributed by atoms with van der Waals surface area (Å²) in [4.78, 5) is 2.45. The molecule has 0 fully saturated rings. The Hall–Kier alpha value is -1.18. The van der Waals surface area contributed by atoms with Gasteiger partial charge in [-0.25, -0.2) is 0 Å². The van der Waals surface area contributed by atoms with E-state index in [9.17, 15) is 0 Å². The molecule has 0 radical (unpaired) electrons. The van der Waals surface area contributed by atoms with Gasteiger partial charge in [0.2, 0.25) is 0 Å². The highest BCUT2D eigenvalue weighted by Gasteiger charge is 2.20. The highest BCUT2D eigenvalue weighted by Crippen LogP contribution is 2.37. The quantitative estimate of drug-likeness (QED) is 0.739. The van der Waals surface area contributed by atoms with Crippen molar-refractivity contribution in [2.75, 3.05) is 18.6 Å². The van der Waals surface area contributed by atoms with E-state index in [0.29, 0.717) is 12.0 Å². The maximum atomic E-state index is 5.57. The van der Waals surface area contributed by atoms with Crippen LogP contribution in [0.3, 0.4) is 0 Å². The molecule has 1 unspecified atom stereocenters. The van der Waals surface area contributed by atoms with E-state index in [-0.39, 0.29) is 0 Å². The van der Waals surface area contributed by atoms with Gasteiger partial charge in [-0.15, -0.1) is 0 Å². The zero-order chi connectivity index (χ0) is 13.7. The Morgan fingerprint density at radius 1 is 1.17 bits per heavy atom. The van der Waals surface area contributed by atoms with Crippen LogP contribution in [0.2, 0.25) is 0 Å². The van der Waals surface area contributed by atoms with Crippen molar-refractivity contribution >= 4 is 5.69 Å². The molecule has 0 N–H and O–H groups in total. The largest absolute Gasteiger partial charge is 0.495 e. The molecule has 0 saturated carbocycles. The Labute approximate surface area is 112 Å². The minimum absolute atomic E-state index is 0.508. The number of hydrogen-bond acceptors (Lipinski definition) is 2. The van der Waals surface area contributed by atoms with Crippen molar-refractivity contribution in [1.82, 2.24) is 0 Å². The maximum Gasteiger partial charge on any atom is 0.142 e. The highest BCUT2D eigenvalue weighted by molar-refractivity contribution is 5.65. The zero-order valence-electron chi connectivity index (χ0n) is 12.7. The van der Waals surface area contributed by atoms with Gasteiger partial charge in [-0.2, -0.15) is 0 Å². The van der Waals surface area contributed by atoms with Crippen LogP contribution in [-0.2, 0) is 0 Å². The molecule has 0 bridgehead atoms. The summed E-state index contributed by atoms with van der Waals surface area (Å²) in [5.41, 5.74) is 2.64. The van der Waals surface area contributed by atoms with Crippen LogP contribution in [0.15, 0.2) is 18.2 Å². The molecule has 1 atom stereocenters. The molecule has 18 heavy (non-hydrogen) atoms. The van der Waals surface area contributed by atoms with Gasteiger partial charge in [0.1, 0.15) is 5.75 Å². The van der Waals surface area contributed by atoms with Crippen LogP contribution in [0.5, 0.6) is 5.75 Å². The van der Waals surface area contributed by atoms with E-state index in [1.165, 1.54) is 11.3 Å². The van der Waals surface area contributed by atoms with E-state index >= 15 is 0 Å². The predicted molar refractivity (Wildman–Crippen MR) is 79.9 cm³/mol. The third-order valence-corrected chi connectivity index (χ3v) is 3.62. The molecule has 1 rings (SSSR count). The summed E-state index contributed by atoms with van der Waals surface area (Å²) in [5.74, 6) is 1.50. The normalized spacial score (nSPS) is 12.6. The molecule has 2 nitrogen and oxygen atoms in total. The van der Waals surface area contributed by atoms with Gasteiger partial charge in [-0.3, -0.25) is 0 Å². The first kappa shape index (κ1) is 14.9. The number of anilines is 1. The summed E-state index contributed by atoms with van der Waals surface area (Å²) in [6.07, 6.45) is 1.14. The molecule has 1 aromatic carbocycles. The molecule has 0 heterocycles. The van der Waals surface area contributed by atoms with Gasteiger partial charge in [-0.1, -0.05) is 32.9 Å². The average Bonchev–Trinajstić information content (AvgIpc) is 2.39. The lowest BCUT2D eigenvalue weighted by Gasteiger charge is -2.33. The molecular formula is C16H27NO. The van der Waals surface area contributed by atoms with Crippen LogP contribution < -0.4 is 9.64 Å². The number of benzene rings is 1. The van der Waals surface area contributed by atoms with E-state index in [1.807, 2.05) is 0 Å². The van der Waals surface area contributed by atoms with Crippen molar-refractivity contribution in [3.63, 3.8) is 0 Å². The second-order valence-corrected chi connectivity index (χ2v) is 5.10. The van der Waals surface area contributed by atoms with Gasteiger partial charge in [0.05, 0.1) is 12.8 Å². The van der Waals surface area contributed by atoms with Crippen LogP contribution in [-0.4, -0.2) is 19.7 Å². The Morgan fingerprint density at radius 3 is 2.28 bits per heavy atom. The monoisotopic (exact) mass is 249 g/mol. The molecule has 0 aliphatic heterocycles. The number of nitrogens with zero attached hydrogens (tertiary/aromatic N) is 1. The molecule has 0 spiro atoms. The fourth-order valence-corrected chi connectivity index (χ4v) is 2.39. The Morgan fingerprint density at radius 2 is 1.83 bits per heavy atom. The lowest BCUT2D eigenvalue weighted by Crippen LogP contribution is -2.33. The van der Waals surface area contributed by atoms with Gasteiger partial charge in [0.25, 0.3) is 0 Å². The molecule has 0 aliphatic carbocycles. The van der Waals surface area contributed by atoms with Crippen molar-refractivity contribution < 1.29 is 4.74 Å².